The number of nitrogens with zero attached hydrogens (tertiary/aromatic N) is 2. The molecule has 132 valence electrons. The maximum absolute atomic E-state index is 5.74. The number of aromatic nitrogens is 1. The largest absolute Gasteiger partial charge is 0.493 e. The Morgan fingerprint density at radius 2 is 2.08 bits per heavy atom. The van der Waals surface area contributed by atoms with Crippen LogP contribution in [0.1, 0.15) is 30.5 Å². The average Bonchev–Trinajstić information content (AvgIpc) is 2.67. The fourth-order valence-electron chi connectivity index (χ4n) is 3.00. The van der Waals surface area contributed by atoms with Gasteiger partial charge in [-0.3, -0.25) is 9.98 Å². The average molecular weight is 338 g/mol. The second-order valence-corrected chi connectivity index (χ2v) is 6.09. The van der Waals surface area contributed by atoms with Crippen molar-refractivity contribution in [2.24, 2.45) is 4.99 Å². The second kappa shape index (κ2) is 9.06. The molecule has 25 heavy (non-hydrogen) atoms. The Morgan fingerprint density at radius 3 is 2.92 bits per heavy atom. The lowest BCUT2D eigenvalue weighted by Crippen LogP contribution is -2.38. The third-order valence-corrected chi connectivity index (χ3v) is 4.30. The van der Waals surface area contributed by atoms with Crippen molar-refractivity contribution in [3.63, 3.8) is 0 Å². The van der Waals surface area contributed by atoms with Gasteiger partial charge in [0.2, 0.25) is 0 Å². The quantitative estimate of drug-likeness (QED) is 0.628. The van der Waals surface area contributed by atoms with Gasteiger partial charge in [-0.1, -0.05) is 24.3 Å². The number of nitrogens with one attached hydrogen (secondary N) is 2. The smallest absolute Gasteiger partial charge is 0.191 e. The minimum absolute atomic E-state index is 0.413. The first kappa shape index (κ1) is 17.3. The molecule has 0 aliphatic carbocycles. The Bertz CT molecular complexity index is 687. The number of ether oxygens (including phenoxy) is 1. The highest BCUT2D eigenvalue weighted by Crippen LogP contribution is 2.33. The summed E-state index contributed by atoms with van der Waals surface area (Å²) in [5, 5.41) is 6.72. The normalized spacial score (nSPS) is 16.7. The number of pyridine rings is 1. The lowest BCUT2D eigenvalue weighted by Gasteiger charge is -2.25. The molecule has 1 aliphatic rings. The molecule has 0 amide bonds. The molecule has 1 aromatic carbocycles. The Hall–Kier alpha value is -2.56. The summed E-state index contributed by atoms with van der Waals surface area (Å²) in [6.45, 7) is 5.27. The van der Waals surface area contributed by atoms with Crippen molar-refractivity contribution in [1.82, 2.24) is 15.6 Å². The van der Waals surface area contributed by atoms with Crippen molar-refractivity contribution < 1.29 is 4.74 Å². The molecular weight excluding hydrogens is 312 g/mol. The Morgan fingerprint density at radius 1 is 1.20 bits per heavy atom. The van der Waals surface area contributed by atoms with Gasteiger partial charge in [0.05, 0.1) is 6.61 Å². The SMILES string of the molecule is CCNC(=NCC1CCOc2ccccc21)NCCc1ccccn1. The number of hydrogen-bond donors (Lipinski definition) is 2. The van der Waals surface area contributed by atoms with Gasteiger partial charge in [0, 0.05) is 43.9 Å². The Labute approximate surface area is 149 Å². The molecule has 1 aromatic heterocycles. The van der Waals surface area contributed by atoms with E-state index < -0.39 is 0 Å². The first-order valence-corrected chi connectivity index (χ1v) is 9.00. The van der Waals surface area contributed by atoms with Crippen molar-refractivity contribution in [1.29, 1.82) is 0 Å². The third-order valence-electron chi connectivity index (χ3n) is 4.30. The number of fused-ring (bicyclic) bond motifs is 1. The lowest BCUT2D eigenvalue weighted by molar-refractivity contribution is 0.269. The molecule has 0 spiro atoms. The molecule has 0 saturated carbocycles. The van der Waals surface area contributed by atoms with Gasteiger partial charge in [-0.05, 0) is 37.1 Å². The summed E-state index contributed by atoms with van der Waals surface area (Å²) in [6.07, 6.45) is 3.72. The minimum Gasteiger partial charge on any atom is -0.493 e. The number of para-hydroxylation sites is 1. The van der Waals surface area contributed by atoms with E-state index in [0.29, 0.717) is 5.92 Å². The van der Waals surface area contributed by atoms with Crippen LogP contribution in [0.25, 0.3) is 0 Å². The summed E-state index contributed by atoms with van der Waals surface area (Å²) in [7, 11) is 0. The Balaban J connectivity index is 1.57. The van der Waals surface area contributed by atoms with E-state index in [9.17, 15) is 0 Å². The third kappa shape index (κ3) is 4.95. The highest BCUT2D eigenvalue weighted by Gasteiger charge is 2.20. The van der Waals surface area contributed by atoms with Gasteiger partial charge >= 0.3 is 0 Å². The van der Waals surface area contributed by atoms with Crippen LogP contribution >= 0.6 is 0 Å². The van der Waals surface area contributed by atoms with Crippen molar-refractivity contribution in [2.45, 2.75) is 25.7 Å². The molecule has 0 bridgehead atoms. The van der Waals surface area contributed by atoms with E-state index in [1.807, 2.05) is 36.5 Å². The van der Waals surface area contributed by atoms with Crippen molar-refractivity contribution in [3.05, 3.63) is 59.9 Å². The van der Waals surface area contributed by atoms with Gasteiger partial charge in [-0.15, -0.1) is 0 Å². The highest BCUT2D eigenvalue weighted by molar-refractivity contribution is 5.79. The van der Waals surface area contributed by atoms with Crippen LogP contribution in [0.15, 0.2) is 53.7 Å². The van der Waals surface area contributed by atoms with Crippen molar-refractivity contribution in [3.8, 4) is 5.75 Å². The van der Waals surface area contributed by atoms with E-state index in [1.54, 1.807) is 0 Å². The zero-order chi connectivity index (χ0) is 17.3. The molecule has 2 aromatic rings. The molecule has 0 saturated heterocycles. The maximum Gasteiger partial charge on any atom is 0.191 e. The summed E-state index contributed by atoms with van der Waals surface area (Å²) >= 11 is 0. The van der Waals surface area contributed by atoms with E-state index in [0.717, 1.165) is 56.5 Å². The van der Waals surface area contributed by atoms with Crippen LogP contribution in [0.3, 0.4) is 0 Å². The number of hydrogen-bond acceptors (Lipinski definition) is 3. The highest BCUT2D eigenvalue weighted by atomic mass is 16.5. The maximum atomic E-state index is 5.74. The number of rotatable bonds is 6. The van der Waals surface area contributed by atoms with Crippen LogP contribution in [0.5, 0.6) is 5.75 Å². The van der Waals surface area contributed by atoms with Gasteiger partial charge in [0.25, 0.3) is 0 Å². The second-order valence-electron chi connectivity index (χ2n) is 6.09. The molecule has 1 unspecified atom stereocenters. The molecule has 1 atom stereocenters. The molecule has 1 aliphatic heterocycles. The summed E-state index contributed by atoms with van der Waals surface area (Å²) in [5.41, 5.74) is 2.35. The molecule has 2 heterocycles. The molecule has 5 heteroatoms. The van der Waals surface area contributed by atoms with E-state index >= 15 is 0 Å². The number of guanidine groups is 1. The summed E-state index contributed by atoms with van der Waals surface area (Å²) in [5.74, 6) is 2.28. The van der Waals surface area contributed by atoms with Gasteiger partial charge in [0.1, 0.15) is 5.75 Å². The van der Waals surface area contributed by atoms with Crippen LogP contribution < -0.4 is 15.4 Å². The first-order chi connectivity index (χ1) is 12.4. The summed E-state index contributed by atoms with van der Waals surface area (Å²) in [4.78, 5) is 9.14. The van der Waals surface area contributed by atoms with Crippen molar-refractivity contribution >= 4 is 5.96 Å². The van der Waals surface area contributed by atoms with Crippen LogP contribution in [-0.2, 0) is 6.42 Å². The predicted molar refractivity (Wildman–Crippen MR) is 101 cm³/mol. The molecular formula is C20H26N4O. The summed E-state index contributed by atoms with van der Waals surface area (Å²) < 4.78 is 5.74. The Kier molecular flexibility index (Phi) is 6.26. The molecule has 2 N–H and O–H groups in total. The van der Waals surface area contributed by atoms with Gasteiger partial charge in [-0.2, -0.15) is 0 Å². The lowest BCUT2D eigenvalue weighted by atomic mass is 9.93. The first-order valence-electron chi connectivity index (χ1n) is 9.00. The van der Waals surface area contributed by atoms with Gasteiger partial charge < -0.3 is 15.4 Å². The van der Waals surface area contributed by atoms with E-state index in [1.165, 1.54) is 5.56 Å². The van der Waals surface area contributed by atoms with E-state index in [-0.39, 0.29) is 0 Å². The van der Waals surface area contributed by atoms with Gasteiger partial charge in [0.15, 0.2) is 5.96 Å². The zero-order valence-electron chi connectivity index (χ0n) is 14.7. The van der Waals surface area contributed by atoms with Crippen LogP contribution in [0, 0.1) is 0 Å². The molecule has 0 fully saturated rings. The van der Waals surface area contributed by atoms with Gasteiger partial charge in [-0.25, -0.2) is 0 Å². The fraction of sp³-hybridized carbons (Fsp3) is 0.400. The standard InChI is InChI=1S/C20H26N4O/c1-2-21-20(23-13-10-17-7-5-6-12-22-17)24-15-16-11-14-25-19-9-4-3-8-18(16)19/h3-9,12,16H,2,10-11,13-15H2,1H3,(H2,21,23,24). The van der Waals surface area contributed by atoms with Crippen LogP contribution in [-0.4, -0.2) is 37.2 Å². The molecule has 5 nitrogen and oxygen atoms in total. The van der Waals surface area contributed by atoms with Crippen molar-refractivity contribution in [2.75, 3.05) is 26.2 Å². The summed E-state index contributed by atoms with van der Waals surface area (Å²) in [6, 6.07) is 14.3. The van der Waals surface area contributed by atoms with E-state index in [4.69, 9.17) is 9.73 Å². The minimum atomic E-state index is 0.413. The van der Waals surface area contributed by atoms with Crippen LogP contribution in [0.2, 0.25) is 0 Å². The number of benzene rings is 1. The van der Waals surface area contributed by atoms with E-state index in [2.05, 4.69) is 34.7 Å². The molecule has 3 rings (SSSR count). The zero-order valence-corrected chi connectivity index (χ0v) is 14.7. The predicted octanol–water partition coefficient (Wildman–Crippen LogP) is 2.75. The monoisotopic (exact) mass is 338 g/mol. The molecule has 0 radical (unpaired) electrons. The fourth-order valence-corrected chi connectivity index (χ4v) is 3.00. The van der Waals surface area contributed by atoms with Crippen LogP contribution in [0.4, 0.5) is 0 Å². The number of aliphatic imine (C=N–C) groups is 1. The topological polar surface area (TPSA) is 58.5 Å².